The van der Waals surface area contributed by atoms with Gasteiger partial charge in [-0.05, 0) is 73.2 Å². The molecule has 160 valence electrons. The average molecular weight is 420 g/mol. The molecule has 0 aromatic heterocycles. The Kier molecular flexibility index (Phi) is 7.11. The van der Waals surface area contributed by atoms with Gasteiger partial charge in [-0.25, -0.2) is 0 Å². The van der Waals surface area contributed by atoms with E-state index in [2.05, 4.69) is 10.6 Å². The van der Waals surface area contributed by atoms with Crippen molar-refractivity contribution in [3.8, 4) is 17.2 Å². The largest absolute Gasteiger partial charge is 0.497 e. The number of amides is 2. The van der Waals surface area contributed by atoms with Crippen LogP contribution in [0.15, 0.2) is 66.7 Å². The number of benzene rings is 3. The van der Waals surface area contributed by atoms with E-state index in [1.54, 1.807) is 68.8 Å². The predicted molar refractivity (Wildman–Crippen MR) is 119 cm³/mol. The van der Waals surface area contributed by atoms with Gasteiger partial charge in [-0.2, -0.15) is 0 Å². The maximum absolute atomic E-state index is 12.5. The maximum Gasteiger partial charge on any atom is 0.262 e. The zero-order chi connectivity index (χ0) is 22.2. The first-order valence-electron chi connectivity index (χ1n) is 9.61. The van der Waals surface area contributed by atoms with E-state index in [1.165, 1.54) is 0 Å². The average Bonchev–Trinajstić information content (AvgIpc) is 2.78. The van der Waals surface area contributed by atoms with Crippen molar-refractivity contribution in [1.82, 2.24) is 0 Å². The number of nitrogens with one attached hydrogen (secondary N) is 2. The Morgan fingerprint density at radius 2 is 1.48 bits per heavy atom. The van der Waals surface area contributed by atoms with Crippen LogP contribution in [0.4, 0.5) is 11.4 Å². The second-order valence-corrected chi connectivity index (χ2v) is 6.75. The normalized spacial score (nSPS) is 10.2. The summed E-state index contributed by atoms with van der Waals surface area (Å²) in [5.74, 6) is 1.21. The van der Waals surface area contributed by atoms with Crippen LogP contribution in [-0.4, -0.2) is 32.6 Å². The first-order chi connectivity index (χ1) is 15.0. The molecule has 3 rings (SSSR count). The number of anilines is 2. The number of ether oxygens (including phenoxy) is 3. The molecule has 7 nitrogen and oxygen atoms in total. The molecule has 3 aromatic rings. The van der Waals surface area contributed by atoms with Gasteiger partial charge in [0, 0.05) is 11.3 Å². The molecule has 7 heteroatoms. The van der Waals surface area contributed by atoms with E-state index in [0.717, 1.165) is 5.56 Å². The third-order valence-electron chi connectivity index (χ3n) is 4.46. The molecule has 0 bridgehead atoms. The van der Waals surface area contributed by atoms with Gasteiger partial charge in [0.1, 0.15) is 17.2 Å². The number of methoxy groups -OCH3 is 2. The molecule has 0 saturated heterocycles. The molecular weight excluding hydrogens is 396 g/mol. The number of aryl methyl sites for hydroxylation is 1. The maximum atomic E-state index is 12.5. The predicted octanol–water partition coefficient (Wildman–Crippen LogP) is 4.28. The van der Waals surface area contributed by atoms with Gasteiger partial charge in [-0.3, -0.25) is 9.59 Å². The number of carbonyl (C=O) groups is 2. The van der Waals surface area contributed by atoms with Crippen molar-refractivity contribution in [2.45, 2.75) is 6.92 Å². The van der Waals surface area contributed by atoms with Crippen molar-refractivity contribution >= 4 is 23.2 Å². The van der Waals surface area contributed by atoms with Crippen LogP contribution in [-0.2, 0) is 4.79 Å². The summed E-state index contributed by atoms with van der Waals surface area (Å²) in [6.07, 6.45) is 0. The Morgan fingerprint density at radius 1 is 0.806 bits per heavy atom. The van der Waals surface area contributed by atoms with E-state index in [4.69, 9.17) is 14.2 Å². The van der Waals surface area contributed by atoms with E-state index in [0.29, 0.717) is 34.2 Å². The Labute approximate surface area is 180 Å². The Balaban J connectivity index is 1.54. The monoisotopic (exact) mass is 420 g/mol. The van der Waals surface area contributed by atoms with Crippen LogP contribution in [0.25, 0.3) is 0 Å². The minimum Gasteiger partial charge on any atom is -0.497 e. The first-order valence-corrected chi connectivity index (χ1v) is 9.61. The lowest BCUT2D eigenvalue weighted by atomic mass is 10.1. The molecule has 31 heavy (non-hydrogen) atoms. The number of hydrogen-bond donors (Lipinski definition) is 2. The second-order valence-electron chi connectivity index (χ2n) is 6.75. The SMILES string of the molecule is COc1ccc(NC(=O)COc2ccc(C(=O)Nc3cc(C)ccc3OC)cc2)cc1. The molecule has 0 aliphatic rings. The van der Waals surface area contributed by atoms with E-state index in [9.17, 15) is 9.59 Å². The van der Waals surface area contributed by atoms with Crippen molar-refractivity contribution in [2.75, 3.05) is 31.5 Å². The smallest absolute Gasteiger partial charge is 0.262 e. The first kappa shape index (κ1) is 21.7. The standard InChI is InChI=1S/C24H24N2O5/c1-16-4-13-22(30-3)21(14-16)26-24(28)17-5-9-20(10-6-17)31-15-23(27)25-18-7-11-19(29-2)12-8-18/h4-14H,15H2,1-3H3,(H,25,27)(H,26,28). The second kappa shape index (κ2) is 10.2. The highest BCUT2D eigenvalue weighted by atomic mass is 16.5. The quantitative estimate of drug-likeness (QED) is 0.568. The summed E-state index contributed by atoms with van der Waals surface area (Å²) < 4.78 is 15.9. The molecule has 0 atom stereocenters. The minimum atomic E-state index is -0.293. The van der Waals surface area contributed by atoms with Crippen LogP contribution in [0.1, 0.15) is 15.9 Å². The molecule has 3 aromatic carbocycles. The van der Waals surface area contributed by atoms with Gasteiger partial charge in [0.15, 0.2) is 6.61 Å². The molecule has 2 amide bonds. The summed E-state index contributed by atoms with van der Waals surface area (Å²) in [6.45, 7) is 1.78. The van der Waals surface area contributed by atoms with E-state index in [-0.39, 0.29) is 18.4 Å². The Bertz CT molecular complexity index is 1050. The molecule has 0 saturated carbocycles. The fraction of sp³-hybridized carbons (Fsp3) is 0.167. The van der Waals surface area contributed by atoms with Crippen molar-refractivity contribution < 1.29 is 23.8 Å². The summed E-state index contributed by atoms with van der Waals surface area (Å²) in [5.41, 5.74) is 2.71. The fourth-order valence-corrected chi connectivity index (χ4v) is 2.84. The summed E-state index contributed by atoms with van der Waals surface area (Å²) in [6, 6.07) is 19.1. The third-order valence-corrected chi connectivity index (χ3v) is 4.46. The lowest BCUT2D eigenvalue weighted by Gasteiger charge is -2.11. The molecule has 0 radical (unpaired) electrons. The minimum absolute atomic E-state index is 0.155. The van der Waals surface area contributed by atoms with Crippen LogP contribution < -0.4 is 24.8 Å². The van der Waals surface area contributed by atoms with E-state index in [1.807, 2.05) is 19.1 Å². The van der Waals surface area contributed by atoms with Crippen molar-refractivity contribution in [1.29, 1.82) is 0 Å². The van der Waals surface area contributed by atoms with Gasteiger partial charge in [0.05, 0.1) is 19.9 Å². The van der Waals surface area contributed by atoms with Crippen LogP contribution in [0.5, 0.6) is 17.2 Å². The zero-order valence-corrected chi connectivity index (χ0v) is 17.6. The van der Waals surface area contributed by atoms with Crippen LogP contribution in [0.3, 0.4) is 0 Å². The highest BCUT2D eigenvalue weighted by Crippen LogP contribution is 2.26. The Morgan fingerprint density at radius 3 is 2.13 bits per heavy atom. The number of rotatable bonds is 8. The van der Waals surface area contributed by atoms with Gasteiger partial charge < -0.3 is 24.8 Å². The van der Waals surface area contributed by atoms with Gasteiger partial charge in [-0.1, -0.05) is 6.07 Å². The van der Waals surface area contributed by atoms with Crippen molar-refractivity contribution in [2.24, 2.45) is 0 Å². The number of carbonyl (C=O) groups excluding carboxylic acids is 2. The number of hydrogen-bond acceptors (Lipinski definition) is 5. The van der Waals surface area contributed by atoms with Crippen LogP contribution >= 0.6 is 0 Å². The van der Waals surface area contributed by atoms with Gasteiger partial charge in [-0.15, -0.1) is 0 Å². The third kappa shape index (κ3) is 5.99. The highest BCUT2D eigenvalue weighted by Gasteiger charge is 2.11. The van der Waals surface area contributed by atoms with Gasteiger partial charge in [0.25, 0.3) is 11.8 Å². The van der Waals surface area contributed by atoms with Gasteiger partial charge in [0.2, 0.25) is 0 Å². The summed E-state index contributed by atoms with van der Waals surface area (Å²) in [7, 11) is 3.13. The Hall–Kier alpha value is -4.00. The van der Waals surface area contributed by atoms with Crippen molar-refractivity contribution in [3.05, 3.63) is 77.9 Å². The van der Waals surface area contributed by atoms with E-state index >= 15 is 0 Å². The summed E-state index contributed by atoms with van der Waals surface area (Å²) in [5, 5.41) is 5.59. The summed E-state index contributed by atoms with van der Waals surface area (Å²) >= 11 is 0. The molecule has 0 heterocycles. The zero-order valence-electron chi connectivity index (χ0n) is 17.6. The molecule has 0 unspecified atom stereocenters. The molecule has 0 aliphatic heterocycles. The molecular formula is C24H24N2O5. The molecule has 0 aliphatic carbocycles. The highest BCUT2D eigenvalue weighted by molar-refractivity contribution is 6.05. The lowest BCUT2D eigenvalue weighted by Crippen LogP contribution is -2.20. The summed E-state index contributed by atoms with van der Waals surface area (Å²) in [4.78, 5) is 24.6. The molecule has 0 fully saturated rings. The fourth-order valence-electron chi connectivity index (χ4n) is 2.84. The van der Waals surface area contributed by atoms with Gasteiger partial charge >= 0.3 is 0 Å². The van der Waals surface area contributed by atoms with E-state index < -0.39 is 0 Å². The molecule has 0 spiro atoms. The molecule has 2 N–H and O–H groups in total. The van der Waals surface area contributed by atoms with Crippen LogP contribution in [0, 0.1) is 6.92 Å². The van der Waals surface area contributed by atoms with Crippen LogP contribution in [0.2, 0.25) is 0 Å². The van der Waals surface area contributed by atoms with Crippen molar-refractivity contribution in [3.63, 3.8) is 0 Å². The lowest BCUT2D eigenvalue weighted by molar-refractivity contribution is -0.118. The topological polar surface area (TPSA) is 85.9 Å².